The number of likely N-dealkylation sites (tertiary alicyclic amines) is 1. The third-order valence-corrected chi connectivity index (χ3v) is 4.37. The number of carboxylic acid groups (broad SMARTS) is 1. The molecule has 2 fully saturated rings. The van der Waals surface area contributed by atoms with Gasteiger partial charge in [-0.05, 0) is 18.8 Å². The van der Waals surface area contributed by atoms with Gasteiger partial charge in [0.2, 0.25) is 0 Å². The van der Waals surface area contributed by atoms with Gasteiger partial charge < -0.3 is 14.9 Å². The fourth-order valence-electron chi connectivity index (χ4n) is 3.12. The van der Waals surface area contributed by atoms with Crippen molar-refractivity contribution in [1.82, 2.24) is 9.80 Å². The number of hydrogen-bond acceptors (Lipinski definition) is 2. The molecule has 0 radical (unpaired) electrons. The average molecular weight is 254 g/mol. The van der Waals surface area contributed by atoms with Crippen molar-refractivity contribution < 1.29 is 14.7 Å². The second kappa shape index (κ2) is 5.16. The molecule has 18 heavy (non-hydrogen) atoms. The summed E-state index contributed by atoms with van der Waals surface area (Å²) >= 11 is 0. The highest BCUT2D eigenvalue weighted by atomic mass is 16.4. The third kappa shape index (κ3) is 2.44. The van der Waals surface area contributed by atoms with Crippen molar-refractivity contribution >= 4 is 12.0 Å². The van der Waals surface area contributed by atoms with Crippen molar-refractivity contribution in [3.63, 3.8) is 0 Å². The van der Waals surface area contributed by atoms with Crippen LogP contribution >= 0.6 is 0 Å². The van der Waals surface area contributed by atoms with Crippen molar-refractivity contribution in [2.24, 2.45) is 11.8 Å². The van der Waals surface area contributed by atoms with Gasteiger partial charge in [0.25, 0.3) is 0 Å². The minimum Gasteiger partial charge on any atom is -0.481 e. The molecule has 0 aromatic rings. The van der Waals surface area contributed by atoms with Crippen LogP contribution < -0.4 is 0 Å². The van der Waals surface area contributed by atoms with Crippen LogP contribution in [0.15, 0.2) is 0 Å². The highest BCUT2D eigenvalue weighted by Gasteiger charge is 2.39. The summed E-state index contributed by atoms with van der Waals surface area (Å²) in [7, 11) is 1.84. The van der Waals surface area contributed by atoms with Gasteiger partial charge in [-0.2, -0.15) is 0 Å². The van der Waals surface area contributed by atoms with Gasteiger partial charge in [0.05, 0.1) is 5.92 Å². The van der Waals surface area contributed by atoms with E-state index >= 15 is 0 Å². The largest absolute Gasteiger partial charge is 0.481 e. The van der Waals surface area contributed by atoms with Gasteiger partial charge >= 0.3 is 12.0 Å². The summed E-state index contributed by atoms with van der Waals surface area (Å²) < 4.78 is 0. The lowest BCUT2D eigenvalue weighted by atomic mass is 9.99. The molecule has 1 aliphatic carbocycles. The first-order chi connectivity index (χ1) is 8.50. The molecule has 0 aromatic carbocycles. The fraction of sp³-hybridized carbons (Fsp3) is 0.846. The Kier molecular flexibility index (Phi) is 3.78. The SMILES string of the molecule is C[C@@H]1CN(C(=O)N(C)C2CCCC2)C[C@H]1C(=O)O. The van der Waals surface area contributed by atoms with E-state index in [1.807, 2.05) is 18.9 Å². The highest BCUT2D eigenvalue weighted by Crippen LogP contribution is 2.27. The predicted molar refractivity (Wildman–Crippen MR) is 67.3 cm³/mol. The van der Waals surface area contributed by atoms with E-state index in [9.17, 15) is 9.59 Å². The van der Waals surface area contributed by atoms with Crippen molar-refractivity contribution in [3.8, 4) is 0 Å². The maximum absolute atomic E-state index is 12.3. The number of urea groups is 1. The van der Waals surface area contributed by atoms with Crippen molar-refractivity contribution in [2.45, 2.75) is 38.6 Å². The quantitative estimate of drug-likeness (QED) is 0.814. The number of amides is 2. The predicted octanol–water partition coefficient (Wildman–Crippen LogP) is 1.63. The number of carboxylic acids is 1. The van der Waals surface area contributed by atoms with E-state index in [2.05, 4.69) is 0 Å². The van der Waals surface area contributed by atoms with Crippen molar-refractivity contribution in [2.75, 3.05) is 20.1 Å². The first-order valence-electron chi connectivity index (χ1n) is 6.75. The van der Waals surface area contributed by atoms with Crippen LogP contribution in [-0.2, 0) is 4.79 Å². The molecule has 2 rings (SSSR count). The Morgan fingerprint density at radius 3 is 2.33 bits per heavy atom. The fourth-order valence-corrected chi connectivity index (χ4v) is 3.12. The molecule has 5 nitrogen and oxygen atoms in total. The summed E-state index contributed by atoms with van der Waals surface area (Å²) in [6, 6.07) is 0.342. The van der Waals surface area contributed by atoms with Gasteiger partial charge in [-0.1, -0.05) is 19.8 Å². The van der Waals surface area contributed by atoms with Crippen LogP contribution in [0, 0.1) is 11.8 Å². The molecule has 0 aromatic heterocycles. The molecule has 1 saturated carbocycles. The normalized spacial score (nSPS) is 28.7. The average Bonchev–Trinajstić information content (AvgIpc) is 2.95. The van der Waals surface area contributed by atoms with Crippen LogP contribution in [0.3, 0.4) is 0 Å². The summed E-state index contributed by atoms with van der Waals surface area (Å²) in [5.41, 5.74) is 0. The summed E-state index contributed by atoms with van der Waals surface area (Å²) in [6.07, 6.45) is 4.54. The van der Waals surface area contributed by atoms with E-state index in [-0.39, 0.29) is 11.9 Å². The van der Waals surface area contributed by atoms with Gasteiger partial charge in [-0.25, -0.2) is 4.79 Å². The molecule has 1 N–H and O–H groups in total. The van der Waals surface area contributed by atoms with Gasteiger partial charge in [-0.3, -0.25) is 4.79 Å². The van der Waals surface area contributed by atoms with Crippen LogP contribution in [0.5, 0.6) is 0 Å². The summed E-state index contributed by atoms with van der Waals surface area (Å²) in [5.74, 6) is -1.16. The van der Waals surface area contributed by atoms with Crippen molar-refractivity contribution in [3.05, 3.63) is 0 Å². The van der Waals surface area contributed by atoms with Crippen molar-refractivity contribution in [1.29, 1.82) is 0 Å². The Morgan fingerprint density at radius 1 is 1.22 bits per heavy atom. The highest BCUT2D eigenvalue weighted by molar-refractivity contribution is 5.77. The minimum absolute atomic E-state index is 0.00231. The zero-order valence-electron chi connectivity index (χ0n) is 11.1. The van der Waals surface area contributed by atoms with E-state index in [0.29, 0.717) is 19.1 Å². The van der Waals surface area contributed by atoms with Crippen LogP contribution in [0.4, 0.5) is 4.79 Å². The number of hydrogen-bond donors (Lipinski definition) is 1. The zero-order valence-corrected chi connectivity index (χ0v) is 11.1. The lowest BCUT2D eigenvalue weighted by molar-refractivity contribution is -0.142. The summed E-state index contributed by atoms with van der Waals surface area (Å²) in [4.78, 5) is 26.9. The standard InChI is InChI=1S/C13H22N2O3/c1-9-7-15(8-11(9)12(16)17)13(18)14(2)10-5-3-4-6-10/h9-11H,3-8H2,1-2H3,(H,16,17)/t9-,11-/m1/s1. The molecule has 2 atom stereocenters. The van der Waals surface area contributed by atoms with Crippen LogP contribution in [0.25, 0.3) is 0 Å². The van der Waals surface area contributed by atoms with E-state index < -0.39 is 11.9 Å². The minimum atomic E-state index is -0.790. The van der Waals surface area contributed by atoms with Gasteiger partial charge in [-0.15, -0.1) is 0 Å². The smallest absolute Gasteiger partial charge is 0.320 e. The first kappa shape index (κ1) is 13.2. The Labute approximate surface area is 108 Å². The topological polar surface area (TPSA) is 60.9 Å². The number of nitrogens with zero attached hydrogens (tertiary/aromatic N) is 2. The summed E-state index contributed by atoms with van der Waals surface area (Å²) in [6.45, 7) is 2.82. The molecule has 102 valence electrons. The lowest BCUT2D eigenvalue weighted by Gasteiger charge is -2.29. The maximum atomic E-state index is 12.3. The maximum Gasteiger partial charge on any atom is 0.320 e. The Balaban J connectivity index is 1.95. The number of rotatable bonds is 2. The van der Waals surface area contributed by atoms with Crippen LogP contribution in [0.1, 0.15) is 32.6 Å². The molecule has 1 saturated heterocycles. The van der Waals surface area contributed by atoms with Crippen LogP contribution in [0.2, 0.25) is 0 Å². The third-order valence-electron chi connectivity index (χ3n) is 4.37. The Hall–Kier alpha value is -1.26. The number of carbonyl (C=O) groups is 2. The molecule has 0 spiro atoms. The Morgan fingerprint density at radius 2 is 1.83 bits per heavy atom. The zero-order chi connectivity index (χ0) is 13.3. The van der Waals surface area contributed by atoms with Gasteiger partial charge in [0.1, 0.15) is 0 Å². The van der Waals surface area contributed by atoms with E-state index in [1.54, 1.807) is 4.90 Å². The van der Waals surface area contributed by atoms with Gasteiger partial charge in [0.15, 0.2) is 0 Å². The molecular formula is C13H22N2O3. The molecule has 1 heterocycles. The number of aliphatic carboxylic acids is 1. The molecule has 2 aliphatic rings. The monoisotopic (exact) mass is 254 g/mol. The number of carbonyl (C=O) groups excluding carboxylic acids is 1. The van der Waals surface area contributed by atoms with E-state index in [0.717, 1.165) is 12.8 Å². The van der Waals surface area contributed by atoms with E-state index in [1.165, 1.54) is 12.8 Å². The second-order valence-electron chi connectivity index (χ2n) is 5.66. The Bertz CT molecular complexity index is 339. The van der Waals surface area contributed by atoms with Gasteiger partial charge in [0, 0.05) is 26.2 Å². The molecule has 2 amide bonds. The lowest BCUT2D eigenvalue weighted by Crippen LogP contribution is -2.44. The second-order valence-corrected chi connectivity index (χ2v) is 5.66. The van der Waals surface area contributed by atoms with E-state index in [4.69, 9.17) is 5.11 Å². The summed E-state index contributed by atoms with van der Waals surface area (Å²) in [5, 5.41) is 9.08. The first-order valence-corrected chi connectivity index (χ1v) is 6.75. The molecule has 0 unspecified atom stereocenters. The molecule has 5 heteroatoms. The molecule has 1 aliphatic heterocycles. The van der Waals surface area contributed by atoms with Crippen LogP contribution in [-0.4, -0.2) is 53.1 Å². The molecule has 0 bridgehead atoms. The molecular weight excluding hydrogens is 232 g/mol.